The Labute approximate surface area is 151 Å². The van der Waals surface area contributed by atoms with E-state index in [4.69, 9.17) is 11.6 Å². The molecule has 6 heteroatoms. The fraction of sp³-hybridized carbons (Fsp3) is 0.263. The topological polar surface area (TPSA) is 52.7 Å². The maximum atomic E-state index is 13.3. The third kappa shape index (κ3) is 2.02. The Morgan fingerprint density at radius 2 is 1.92 bits per heavy atom. The highest BCUT2D eigenvalue weighted by Gasteiger charge is 2.57. The van der Waals surface area contributed by atoms with Gasteiger partial charge in [0.15, 0.2) is 0 Å². The zero-order valence-electron chi connectivity index (χ0n) is 14.0. The van der Waals surface area contributed by atoms with Gasteiger partial charge < -0.3 is 15.1 Å². The standard InChI is InChI=1S/C19H18ClN3O2/c1-3-10-23-17(24)13-9-8-12(20)11-15(13)21-19(23)14-6-4-5-7-16(14)22(2)18(19)25/h4-9,11,21H,3,10H2,1-2H3/t19-/m1/s1. The fourth-order valence-corrected chi connectivity index (χ4v) is 3.95. The molecule has 128 valence electrons. The van der Waals surface area contributed by atoms with Crippen molar-refractivity contribution >= 4 is 34.8 Å². The van der Waals surface area contributed by atoms with Crippen molar-refractivity contribution in [3.8, 4) is 0 Å². The summed E-state index contributed by atoms with van der Waals surface area (Å²) in [4.78, 5) is 29.8. The lowest BCUT2D eigenvalue weighted by molar-refractivity contribution is -0.127. The minimum Gasteiger partial charge on any atom is -0.350 e. The van der Waals surface area contributed by atoms with Crippen LogP contribution in [0.1, 0.15) is 29.3 Å². The van der Waals surface area contributed by atoms with Crippen molar-refractivity contribution in [2.24, 2.45) is 0 Å². The van der Waals surface area contributed by atoms with Crippen LogP contribution in [-0.4, -0.2) is 30.3 Å². The van der Waals surface area contributed by atoms with Crippen molar-refractivity contribution in [1.82, 2.24) is 4.90 Å². The molecule has 0 unspecified atom stereocenters. The highest BCUT2D eigenvalue weighted by Crippen LogP contribution is 2.47. The SMILES string of the molecule is CCCN1C(=O)c2ccc(Cl)cc2N[C@@]12C(=O)N(C)c1ccccc12. The zero-order valence-corrected chi connectivity index (χ0v) is 14.8. The van der Waals surface area contributed by atoms with Gasteiger partial charge in [0.1, 0.15) is 0 Å². The maximum Gasteiger partial charge on any atom is 0.278 e. The van der Waals surface area contributed by atoms with Crippen molar-refractivity contribution in [1.29, 1.82) is 0 Å². The minimum atomic E-state index is -1.23. The molecule has 0 aromatic heterocycles. The Kier molecular flexibility index (Phi) is 3.51. The van der Waals surface area contributed by atoms with E-state index in [9.17, 15) is 9.59 Å². The number of carbonyl (C=O) groups is 2. The van der Waals surface area contributed by atoms with Gasteiger partial charge in [-0.15, -0.1) is 0 Å². The van der Waals surface area contributed by atoms with Crippen molar-refractivity contribution in [2.75, 3.05) is 23.8 Å². The highest BCUT2D eigenvalue weighted by molar-refractivity contribution is 6.31. The molecule has 1 spiro atoms. The van der Waals surface area contributed by atoms with Gasteiger partial charge in [-0.2, -0.15) is 0 Å². The summed E-state index contributed by atoms with van der Waals surface area (Å²) in [5.41, 5.74) is 1.48. The Hall–Kier alpha value is -2.53. The summed E-state index contributed by atoms with van der Waals surface area (Å²) in [5, 5.41) is 3.86. The molecule has 2 aromatic rings. The van der Waals surface area contributed by atoms with Crippen molar-refractivity contribution < 1.29 is 9.59 Å². The average Bonchev–Trinajstić information content (AvgIpc) is 2.81. The largest absolute Gasteiger partial charge is 0.350 e. The molecular weight excluding hydrogens is 338 g/mol. The number of benzene rings is 2. The predicted molar refractivity (Wildman–Crippen MR) is 97.9 cm³/mol. The van der Waals surface area contributed by atoms with Gasteiger partial charge in [0.25, 0.3) is 11.8 Å². The van der Waals surface area contributed by atoms with Gasteiger partial charge >= 0.3 is 0 Å². The van der Waals surface area contributed by atoms with E-state index in [2.05, 4.69) is 5.32 Å². The molecule has 0 aliphatic carbocycles. The van der Waals surface area contributed by atoms with Gasteiger partial charge in [-0.25, -0.2) is 0 Å². The van der Waals surface area contributed by atoms with E-state index in [1.807, 2.05) is 31.2 Å². The number of amides is 2. The van der Waals surface area contributed by atoms with Crippen LogP contribution >= 0.6 is 11.6 Å². The van der Waals surface area contributed by atoms with Crippen LogP contribution in [0.25, 0.3) is 0 Å². The number of carbonyl (C=O) groups excluding carboxylic acids is 2. The van der Waals surface area contributed by atoms with E-state index >= 15 is 0 Å². The first-order valence-corrected chi connectivity index (χ1v) is 8.66. The van der Waals surface area contributed by atoms with Gasteiger partial charge in [0, 0.05) is 24.2 Å². The molecule has 1 N–H and O–H groups in total. The lowest BCUT2D eigenvalue weighted by atomic mass is 9.93. The van der Waals surface area contributed by atoms with Crippen molar-refractivity contribution in [3.05, 3.63) is 58.6 Å². The minimum absolute atomic E-state index is 0.161. The molecular formula is C19H18ClN3O2. The molecule has 2 amide bonds. The monoisotopic (exact) mass is 355 g/mol. The van der Waals surface area contributed by atoms with E-state index in [1.54, 1.807) is 35.0 Å². The number of hydrogen-bond acceptors (Lipinski definition) is 3. The molecule has 4 rings (SSSR count). The fourth-order valence-electron chi connectivity index (χ4n) is 3.78. The van der Waals surface area contributed by atoms with Gasteiger partial charge in [0.2, 0.25) is 5.66 Å². The maximum absolute atomic E-state index is 13.3. The van der Waals surface area contributed by atoms with Crippen LogP contribution in [0.15, 0.2) is 42.5 Å². The zero-order chi connectivity index (χ0) is 17.8. The van der Waals surface area contributed by atoms with Crippen LogP contribution in [-0.2, 0) is 10.5 Å². The normalized spacial score (nSPS) is 21.4. The van der Waals surface area contributed by atoms with E-state index in [1.165, 1.54) is 0 Å². The highest BCUT2D eigenvalue weighted by atomic mass is 35.5. The number of halogens is 1. The van der Waals surface area contributed by atoms with Gasteiger partial charge in [-0.3, -0.25) is 9.59 Å². The van der Waals surface area contributed by atoms with Crippen LogP contribution in [0, 0.1) is 0 Å². The molecule has 0 radical (unpaired) electrons. The second kappa shape index (κ2) is 5.49. The van der Waals surface area contributed by atoms with E-state index in [0.717, 1.165) is 17.7 Å². The smallest absolute Gasteiger partial charge is 0.278 e. The van der Waals surface area contributed by atoms with Crippen LogP contribution in [0.4, 0.5) is 11.4 Å². The average molecular weight is 356 g/mol. The quantitative estimate of drug-likeness (QED) is 0.897. The molecule has 2 heterocycles. The number of nitrogens with zero attached hydrogens (tertiary/aromatic N) is 2. The number of para-hydroxylation sites is 1. The second-order valence-corrected chi connectivity index (χ2v) is 6.80. The number of nitrogens with one attached hydrogen (secondary N) is 1. The molecule has 0 saturated carbocycles. The summed E-state index contributed by atoms with van der Waals surface area (Å²) in [6, 6.07) is 12.7. The van der Waals surface area contributed by atoms with Gasteiger partial charge in [-0.05, 0) is 30.7 Å². The van der Waals surface area contributed by atoms with Crippen molar-refractivity contribution in [2.45, 2.75) is 19.0 Å². The second-order valence-electron chi connectivity index (χ2n) is 6.36. The number of rotatable bonds is 2. The number of hydrogen-bond donors (Lipinski definition) is 1. The summed E-state index contributed by atoms with van der Waals surface area (Å²) in [7, 11) is 1.74. The molecule has 0 fully saturated rings. The Balaban J connectivity index is 1.99. The van der Waals surface area contributed by atoms with Crippen LogP contribution in [0.5, 0.6) is 0 Å². The lowest BCUT2D eigenvalue weighted by Crippen LogP contribution is -2.62. The predicted octanol–water partition coefficient (Wildman–Crippen LogP) is 3.45. The molecule has 2 aliphatic heterocycles. The number of likely N-dealkylation sites (N-methyl/N-ethyl adjacent to an activating group) is 1. The Bertz CT molecular complexity index is 898. The van der Waals surface area contributed by atoms with Crippen LogP contribution < -0.4 is 10.2 Å². The van der Waals surface area contributed by atoms with Gasteiger partial charge in [-0.1, -0.05) is 36.7 Å². The molecule has 2 aliphatic rings. The summed E-state index contributed by atoms with van der Waals surface area (Å²) in [6.45, 7) is 2.47. The summed E-state index contributed by atoms with van der Waals surface area (Å²) in [5.74, 6) is -0.327. The van der Waals surface area contributed by atoms with E-state index in [-0.39, 0.29) is 11.8 Å². The molecule has 25 heavy (non-hydrogen) atoms. The number of anilines is 2. The summed E-state index contributed by atoms with van der Waals surface area (Å²) >= 11 is 6.12. The molecule has 1 atom stereocenters. The Morgan fingerprint density at radius 3 is 2.68 bits per heavy atom. The Morgan fingerprint density at radius 1 is 1.16 bits per heavy atom. The summed E-state index contributed by atoms with van der Waals surface area (Å²) < 4.78 is 0. The van der Waals surface area contributed by atoms with E-state index in [0.29, 0.717) is 22.8 Å². The lowest BCUT2D eigenvalue weighted by Gasteiger charge is -2.45. The van der Waals surface area contributed by atoms with Gasteiger partial charge in [0.05, 0.1) is 16.9 Å². The molecule has 2 aromatic carbocycles. The van der Waals surface area contributed by atoms with Crippen LogP contribution in [0.3, 0.4) is 0 Å². The first kappa shape index (κ1) is 16.0. The van der Waals surface area contributed by atoms with Crippen molar-refractivity contribution in [3.63, 3.8) is 0 Å². The summed E-state index contributed by atoms with van der Waals surface area (Å²) in [6.07, 6.45) is 0.747. The number of fused-ring (bicyclic) bond motifs is 3. The van der Waals surface area contributed by atoms with E-state index < -0.39 is 5.66 Å². The third-order valence-corrected chi connectivity index (χ3v) is 5.13. The third-order valence-electron chi connectivity index (χ3n) is 4.89. The molecule has 5 nitrogen and oxygen atoms in total. The van der Waals surface area contributed by atoms with Crippen LogP contribution in [0.2, 0.25) is 5.02 Å². The first-order valence-electron chi connectivity index (χ1n) is 8.28. The molecule has 0 bridgehead atoms. The molecule has 0 saturated heterocycles. The first-order chi connectivity index (χ1) is 12.0.